The number of aromatic nitrogens is 3. The maximum Gasteiger partial charge on any atom is 0.227 e. The SMILES string of the molecule is CC(C(N)=O)c1ncn[nH]1. The van der Waals surface area contributed by atoms with Crippen LogP contribution in [-0.4, -0.2) is 21.1 Å². The minimum atomic E-state index is -0.406. The van der Waals surface area contributed by atoms with Crippen molar-refractivity contribution in [2.45, 2.75) is 12.8 Å². The van der Waals surface area contributed by atoms with Gasteiger partial charge in [0.1, 0.15) is 12.2 Å². The molecule has 0 bridgehead atoms. The third-order valence-electron chi connectivity index (χ3n) is 1.27. The lowest BCUT2D eigenvalue weighted by atomic mass is 10.1. The maximum atomic E-state index is 10.5. The zero-order valence-corrected chi connectivity index (χ0v) is 5.53. The summed E-state index contributed by atoms with van der Waals surface area (Å²) < 4.78 is 0. The first kappa shape index (κ1) is 6.73. The van der Waals surface area contributed by atoms with E-state index in [2.05, 4.69) is 15.2 Å². The lowest BCUT2D eigenvalue weighted by molar-refractivity contribution is -0.119. The summed E-state index contributed by atoms with van der Waals surface area (Å²) in [6.07, 6.45) is 1.34. The number of nitrogens with zero attached hydrogens (tertiary/aromatic N) is 2. The molecule has 0 radical (unpaired) electrons. The van der Waals surface area contributed by atoms with Crippen LogP contribution in [0.25, 0.3) is 0 Å². The lowest BCUT2D eigenvalue weighted by Gasteiger charge is -1.99. The van der Waals surface area contributed by atoms with E-state index >= 15 is 0 Å². The molecule has 1 aromatic rings. The maximum absolute atomic E-state index is 10.5. The van der Waals surface area contributed by atoms with Gasteiger partial charge in [0.2, 0.25) is 5.91 Å². The van der Waals surface area contributed by atoms with Gasteiger partial charge in [0.05, 0.1) is 5.92 Å². The van der Waals surface area contributed by atoms with E-state index in [1.807, 2.05) is 0 Å². The molecule has 1 atom stereocenters. The van der Waals surface area contributed by atoms with E-state index < -0.39 is 5.91 Å². The van der Waals surface area contributed by atoms with Gasteiger partial charge < -0.3 is 5.73 Å². The molecule has 1 amide bonds. The molecule has 0 spiro atoms. The van der Waals surface area contributed by atoms with Gasteiger partial charge in [-0.05, 0) is 6.92 Å². The number of aromatic amines is 1. The highest BCUT2D eigenvalue weighted by Gasteiger charge is 2.13. The first-order valence-corrected chi connectivity index (χ1v) is 2.86. The van der Waals surface area contributed by atoms with Crippen LogP contribution in [0.15, 0.2) is 6.33 Å². The van der Waals surface area contributed by atoms with Crippen LogP contribution in [0.1, 0.15) is 18.7 Å². The molecule has 0 saturated carbocycles. The molecule has 54 valence electrons. The standard InChI is InChI=1S/C5H8N4O/c1-3(4(6)10)5-7-2-8-9-5/h2-3H,1H3,(H2,6,10)(H,7,8,9). The lowest BCUT2D eigenvalue weighted by Crippen LogP contribution is -2.19. The number of hydrogen-bond donors (Lipinski definition) is 2. The summed E-state index contributed by atoms with van der Waals surface area (Å²) in [7, 11) is 0. The Morgan fingerprint density at radius 1 is 1.90 bits per heavy atom. The summed E-state index contributed by atoms with van der Waals surface area (Å²) in [5, 5.41) is 6.14. The first-order chi connectivity index (χ1) is 4.72. The van der Waals surface area contributed by atoms with Crippen molar-refractivity contribution in [3.05, 3.63) is 12.2 Å². The molecular weight excluding hydrogens is 132 g/mol. The highest BCUT2D eigenvalue weighted by Crippen LogP contribution is 2.05. The molecule has 0 aromatic carbocycles. The highest BCUT2D eigenvalue weighted by atomic mass is 16.1. The molecule has 1 rings (SSSR count). The Hall–Kier alpha value is -1.39. The number of nitrogens with two attached hydrogens (primary N) is 1. The second-order valence-corrected chi connectivity index (χ2v) is 1.99. The average molecular weight is 140 g/mol. The summed E-state index contributed by atoms with van der Waals surface area (Å²) in [6.45, 7) is 1.67. The molecule has 1 aromatic heterocycles. The number of primary amides is 1. The van der Waals surface area contributed by atoms with E-state index in [0.717, 1.165) is 0 Å². The summed E-state index contributed by atoms with van der Waals surface area (Å²) in [5.41, 5.74) is 5.00. The van der Waals surface area contributed by atoms with Gasteiger partial charge >= 0.3 is 0 Å². The summed E-state index contributed by atoms with van der Waals surface area (Å²) in [6, 6.07) is 0. The smallest absolute Gasteiger partial charge is 0.227 e. The minimum absolute atomic E-state index is 0.387. The van der Waals surface area contributed by atoms with Crippen molar-refractivity contribution in [1.29, 1.82) is 0 Å². The highest BCUT2D eigenvalue weighted by molar-refractivity contribution is 5.80. The molecule has 3 N–H and O–H groups in total. The number of hydrogen-bond acceptors (Lipinski definition) is 3. The predicted octanol–water partition coefficient (Wildman–Crippen LogP) is -0.607. The number of carbonyl (C=O) groups excluding carboxylic acids is 1. The van der Waals surface area contributed by atoms with Crippen LogP contribution >= 0.6 is 0 Å². The molecule has 1 heterocycles. The number of carbonyl (C=O) groups is 1. The van der Waals surface area contributed by atoms with Gasteiger partial charge in [0.25, 0.3) is 0 Å². The van der Waals surface area contributed by atoms with Crippen LogP contribution in [0.4, 0.5) is 0 Å². The largest absolute Gasteiger partial charge is 0.369 e. The van der Waals surface area contributed by atoms with Crippen molar-refractivity contribution >= 4 is 5.91 Å². The van der Waals surface area contributed by atoms with Gasteiger partial charge in [-0.25, -0.2) is 4.98 Å². The zero-order valence-electron chi connectivity index (χ0n) is 5.53. The van der Waals surface area contributed by atoms with E-state index in [4.69, 9.17) is 5.73 Å². The molecule has 5 heteroatoms. The molecule has 0 aliphatic rings. The minimum Gasteiger partial charge on any atom is -0.369 e. The fourth-order valence-corrected chi connectivity index (χ4v) is 0.558. The molecule has 10 heavy (non-hydrogen) atoms. The fourth-order valence-electron chi connectivity index (χ4n) is 0.558. The van der Waals surface area contributed by atoms with Crippen molar-refractivity contribution in [3.63, 3.8) is 0 Å². The Labute approximate surface area is 57.6 Å². The van der Waals surface area contributed by atoms with Crippen molar-refractivity contribution in [2.75, 3.05) is 0 Å². The van der Waals surface area contributed by atoms with Gasteiger partial charge in [0, 0.05) is 0 Å². The quantitative estimate of drug-likeness (QED) is 0.574. The van der Waals surface area contributed by atoms with Gasteiger partial charge in [-0.1, -0.05) is 0 Å². The average Bonchev–Trinajstić information content (AvgIpc) is 2.36. The number of amides is 1. The van der Waals surface area contributed by atoms with Crippen molar-refractivity contribution in [1.82, 2.24) is 15.2 Å². The number of H-pyrrole nitrogens is 1. The normalized spacial score (nSPS) is 12.9. The number of nitrogens with one attached hydrogen (secondary N) is 1. The Bertz CT molecular complexity index is 218. The molecule has 0 fully saturated rings. The van der Waals surface area contributed by atoms with Crippen molar-refractivity contribution in [3.8, 4) is 0 Å². The van der Waals surface area contributed by atoms with Crippen LogP contribution in [0.2, 0.25) is 0 Å². The van der Waals surface area contributed by atoms with E-state index in [-0.39, 0.29) is 5.92 Å². The predicted molar refractivity (Wildman–Crippen MR) is 34.0 cm³/mol. The summed E-state index contributed by atoms with van der Waals surface area (Å²) >= 11 is 0. The van der Waals surface area contributed by atoms with Crippen LogP contribution in [0, 0.1) is 0 Å². The summed E-state index contributed by atoms with van der Waals surface area (Å²) in [4.78, 5) is 14.3. The first-order valence-electron chi connectivity index (χ1n) is 2.86. The number of rotatable bonds is 2. The van der Waals surface area contributed by atoms with Crippen molar-refractivity contribution < 1.29 is 4.79 Å². The van der Waals surface area contributed by atoms with Gasteiger partial charge in [-0.2, -0.15) is 5.10 Å². The Morgan fingerprint density at radius 3 is 3.00 bits per heavy atom. The van der Waals surface area contributed by atoms with Crippen LogP contribution in [0.3, 0.4) is 0 Å². The Balaban J connectivity index is 2.77. The van der Waals surface area contributed by atoms with Crippen LogP contribution in [-0.2, 0) is 4.79 Å². The Morgan fingerprint density at radius 2 is 2.60 bits per heavy atom. The van der Waals surface area contributed by atoms with Gasteiger partial charge in [-0.15, -0.1) is 0 Å². The third-order valence-corrected chi connectivity index (χ3v) is 1.27. The molecule has 0 aliphatic heterocycles. The van der Waals surface area contributed by atoms with Gasteiger partial charge in [-0.3, -0.25) is 9.89 Å². The van der Waals surface area contributed by atoms with E-state index in [9.17, 15) is 4.79 Å². The second kappa shape index (κ2) is 2.47. The Kier molecular flexibility index (Phi) is 1.66. The van der Waals surface area contributed by atoms with Crippen LogP contribution < -0.4 is 5.73 Å². The molecular formula is C5H8N4O. The molecule has 0 saturated heterocycles. The third kappa shape index (κ3) is 1.12. The van der Waals surface area contributed by atoms with Crippen molar-refractivity contribution in [2.24, 2.45) is 5.73 Å². The molecule has 5 nitrogen and oxygen atoms in total. The molecule has 0 aliphatic carbocycles. The molecule has 1 unspecified atom stereocenters. The van der Waals surface area contributed by atoms with Crippen LogP contribution in [0.5, 0.6) is 0 Å². The fraction of sp³-hybridized carbons (Fsp3) is 0.400. The second-order valence-electron chi connectivity index (χ2n) is 1.99. The summed E-state index contributed by atoms with van der Waals surface area (Å²) in [5.74, 6) is -0.285. The van der Waals surface area contributed by atoms with E-state index in [0.29, 0.717) is 5.82 Å². The topological polar surface area (TPSA) is 84.7 Å². The van der Waals surface area contributed by atoms with Gasteiger partial charge in [0.15, 0.2) is 0 Å². The zero-order chi connectivity index (χ0) is 7.56. The van der Waals surface area contributed by atoms with E-state index in [1.54, 1.807) is 6.92 Å². The monoisotopic (exact) mass is 140 g/mol. The van der Waals surface area contributed by atoms with E-state index in [1.165, 1.54) is 6.33 Å².